The second-order valence-electron chi connectivity index (χ2n) is 8.60. The van der Waals surface area contributed by atoms with Gasteiger partial charge in [0.25, 0.3) is 5.22 Å². The Morgan fingerprint density at radius 3 is 2.74 bits per heavy atom. The van der Waals surface area contributed by atoms with Crippen LogP contribution >= 0.6 is 11.8 Å². The van der Waals surface area contributed by atoms with Crippen molar-refractivity contribution in [3.63, 3.8) is 0 Å². The fourth-order valence-corrected chi connectivity index (χ4v) is 7.33. The third-order valence-electron chi connectivity index (χ3n) is 6.25. The number of aromatic amines is 1. The number of para-hydroxylation sites is 1. The third-order valence-corrected chi connectivity index (χ3v) is 9.17. The highest BCUT2D eigenvalue weighted by Crippen LogP contribution is 2.39. The Kier molecular flexibility index (Phi) is 6.31. The van der Waals surface area contributed by atoms with Crippen molar-refractivity contribution in [3.8, 4) is 0 Å². The lowest BCUT2D eigenvalue weighted by Crippen LogP contribution is -2.09. The zero-order valence-corrected chi connectivity index (χ0v) is 20.4. The maximum atomic E-state index is 13.8. The highest BCUT2D eigenvalue weighted by Gasteiger charge is 2.31. The number of H-pyrrole nitrogens is 1. The van der Waals surface area contributed by atoms with Gasteiger partial charge in [-0.25, -0.2) is 8.42 Å². The van der Waals surface area contributed by atoms with Crippen LogP contribution in [0, 0.1) is 5.92 Å². The van der Waals surface area contributed by atoms with Crippen LogP contribution in [0.1, 0.15) is 46.0 Å². The molecule has 0 bridgehead atoms. The lowest BCUT2D eigenvalue weighted by molar-refractivity contribution is 0.0990. The van der Waals surface area contributed by atoms with Crippen LogP contribution in [0.5, 0.6) is 0 Å². The Morgan fingerprint density at radius 1 is 1.18 bits per heavy atom. The summed E-state index contributed by atoms with van der Waals surface area (Å²) in [5.74, 6) is 0.723. The maximum absolute atomic E-state index is 13.8. The Balaban J connectivity index is 1.42. The van der Waals surface area contributed by atoms with E-state index >= 15 is 0 Å². The van der Waals surface area contributed by atoms with E-state index < -0.39 is 15.1 Å². The number of benzene rings is 2. The largest absolute Gasteiger partial charge is 0.416 e. The Bertz CT molecular complexity index is 1430. The summed E-state index contributed by atoms with van der Waals surface area (Å²) in [7, 11) is -2.97. The first-order valence-electron chi connectivity index (χ1n) is 11.3. The Morgan fingerprint density at radius 2 is 2.00 bits per heavy atom. The van der Waals surface area contributed by atoms with Gasteiger partial charge in [-0.15, -0.1) is 10.2 Å². The van der Waals surface area contributed by atoms with Crippen molar-refractivity contribution in [3.05, 3.63) is 77.3 Å². The molecule has 1 aliphatic heterocycles. The number of nitrogens with zero attached hydrogens (tertiary/aromatic N) is 2. The van der Waals surface area contributed by atoms with Gasteiger partial charge in [-0.2, -0.15) is 0 Å². The van der Waals surface area contributed by atoms with E-state index in [1.54, 1.807) is 6.20 Å². The van der Waals surface area contributed by atoms with Crippen LogP contribution in [-0.2, 0) is 22.7 Å². The molecular weight excluding hydrogens is 470 g/mol. The molecule has 1 aliphatic rings. The predicted octanol–water partition coefficient (Wildman–Crippen LogP) is 4.81. The molecule has 2 atom stereocenters. The van der Waals surface area contributed by atoms with Gasteiger partial charge in [0.15, 0.2) is 15.6 Å². The number of aromatic nitrogens is 3. The Hall–Kier alpha value is -2.91. The van der Waals surface area contributed by atoms with Gasteiger partial charge in [0.2, 0.25) is 5.89 Å². The number of aryl methyl sites for hydroxylation is 1. The van der Waals surface area contributed by atoms with Gasteiger partial charge in [0.1, 0.15) is 5.25 Å². The molecule has 2 aromatic carbocycles. The molecule has 7 nitrogen and oxygen atoms in total. The van der Waals surface area contributed by atoms with E-state index in [0.717, 1.165) is 28.5 Å². The minimum absolute atomic E-state index is 0.00571. The van der Waals surface area contributed by atoms with E-state index in [4.69, 9.17) is 4.42 Å². The summed E-state index contributed by atoms with van der Waals surface area (Å²) < 4.78 is 29.3. The smallest absolute Gasteiger partial charge is 0.277 e. The van der Waals surface area contributed by atoms with Crippen LogP contribution in [0.25, 0.3) is 10.9 Å². The predicted molar refractivity (Wildman–Crippen MR) is 132 cm³/mol. The number of rotatable bonds is 8. The van der Waals surface area contributed by atoms with Gasteiger partial charge in [-0.3, -0.25) is 4.79 Å². The number of carbonyl (C=O) groups is 1. The van der Waals surface area contributed by atoms with Crippen LogP contribution in [0.3, 0.4) is 0 Å². The number of hydrogen-bond acceptors (Lipinski definition) is 7. The number of nitrogens with one attached hydrogen (secondary N) is 1. The number of hydrogen-bond donors (Lipinski definition) is 1. The minimum atomic E-state index is -2.97. The van der Waals surface area contributed by atoms with Gasteiger partial charge in [0.05, 0.1) is 11.5 Å². The molecule has 1 saturated heterocycles. The molecule has 0 saturated carbocycles. The molecule has 0 aliphatic carbocycles. The number of thioether (sulfide) groups is 1. The van der Waals surface area contributed by atoms with E-state index in [0.29, 0.717) is 29.5 Å². The minimum Gasteiger partial charge on any atom is -0.416 e. The maximum Gasteiger partial charge on any atom is 0.277 e. The molecule has 0 amide bonds. The van der Waals surface area contributed by atoms with Crippen LogP contribution in [0.2, 0.25) is 0 Å². The number of ketones is 1. The molecule has 176 valence electrons. The number of fused-ring (bicyclic) bond motifs is 1. The normalized spacial score (nSPS) is 18.3. The van der Waals surface area contributed by atoms with Gasteiger partial charge in [0, 0.05) is 29.1 Å². The first-order valence-corrected chi connectivity index (χ1v) is 14.0. The number of Topliss-reactive ketones (excluding diaryl/α,β-unsaturated/α-hetero) is 1. The van der Waals surface area contributed by atoms with Crippen molar-refractivity contribution in [2.45, 2.75) is 36.7 Å². The SMILES string of the molecule is CCc1cccc2c(C(=O)[C@@H](Sc3nnc(C[C@H]4CCS(=O)(=O)C4)o3)c3ccccc3)c[nH]c12. The van der Waals surface area contributed by atoms with Crippen LogP contribution in [0.4, 0.5) is 0 Å². The second-order valence-corrected chi connectivity index (χ2v) is 11.9. The average molecular weight is 496 g/mol. The first kappa shape index (κ1) is 22.9. The van der Waals surface area contributed by atoms with E-state index in [1.165, 1.54) is 11.8 Å². The lowest BCUT2D eigenvalue weighted by atomic mass is 10.0. The number of carbonyl (C=O) groups excluding carboxylic acids is 1. The summed E-state index contributed by atoms with van der Waals surface area (Å²) in [4.78, 5) is 17.1. The summed E-state index contributed by atoms with van der Waals surface area (Å²) >= 11 is 1.22. The van der Waals surface area contributed by atoms with Gasteiger partial charge in [-0.1, -0.05) is 55.5 Å². The van der Waals surface area contributed by atoms with Gasteiger partial charge < -0.3 is 9.40 Å². The Labute approximate surface area is 202 Å². The van der Waals surface area contributed by atoms with Crippen molar-refractivity contribution < 1.29 is 17.6 Å². The molecule has 0 radical (unpaired) electrons. The summed E-state index contributed by atoms with van der Waals surface area (Å²) in [6.45, 7) is 2.09. The second kappa shape index (κ2) is 9.38. The molecule has 4 aromatic rings. The van der Waals surface area contributed by atoms with E-state index in [9.17, 15) is 13.2 Å². The first-order chi connectivity index (χ1) is 16.4. The third kappa shape index (κ3) is 4.67. The highest BCUT2D eigenvalue weighted by atomic mass is 32.2. The van der Waals surface area contributed by atoms with Crippen LogP contribution in [0.15, 0.2) is 64.4 Å². The lowest BCUT2D eigenvalue weighted by Gasteiger charge is -2.13. The van der Waals surface area contributed by atoms with Crippen molar-refractivity contribution in [2.75, 3.05) is 11.5 Å². The van der Waals surface area contributed by atoms with E-state index in [2.05, 4.69) is 28.2 Å². The fourth-order valence-electron chi connectivity index (χ4n) is 4.51. The van der Waals surface area contributed by atoms with Crippen LogP contribution < -0.4 is 0 Å². The molecule has 5 rings (SSSR count). The zero-order chi connectivity index (χ0) is 23.7. The fraction of sp³-hybridized carbons (Fsp3) is 0.320. The summed E-state index contributed by atoms with van der Waals surface area (Å²) in [6.07, 6.45) is 3.69. The quantitative estimate of drug-likeness (QED) is 0.276. The van der Waals surface area contributed by atoms with Crippen molar-refractivity contribution in [1.29, 1.82) is 0 Å². The van der Waals surface area contributed by atoms with Crippen molar-refractivity contribution in [2.24, 2.45) is 5.92 Å². The monoisotopic (exact) mass is 495 g/mol. The van der Waals surface area contributed by atoms with Crippen molar-refractivity contribution >= 4 is 38.3 Å². The van der Waals surface area contributed by atoms with Gasteiger partial charge >= 0.3 is 0 Å². The average Bonchev–Trinajstić information content (AvgIpc) is 3.56. The summed E-state index contributed by atoms with van der Waals surface area (Å²) in [6, 6.07) is 15.6. The molecule has 1 N–H and O–H groups in total. The zero-order valence-electron chi connectivity index (χ0n) is 18.7. The summed E-state index contributed by atoms with van der Waals surface area (Å²) in [5.41, 5.74) is 3.62. The summed E-state index contributed by atoms with van der Waals surface area (Å²) in [5, 5.41) is 8.91. The topological polar surface area (TPSA) is 106 Å². The van der Waals surface area contributed by atoms with E-state index in [-0.39, 0.29) is 23.2 Å². The van der Waals surface area contributed by atoms with E-state index in [1.807, 2.05) is 42.5 Å². The van der Waals surface area contributed by atoms with Gasteiger partial charge in [-0.05, 0) is 41.6 Å². The molecule has 34 heavy (non-hydrogen) atoms. The molecule has 0 spiro atoms. The molecule has 0 unspecified atom stereocenters. The molecule has 1 fully saturated rings. The molecule has 2 aromatic heterocycles. The highest BCUT2D eigenvalue weighted by molar-refractivity contribution is 8.00. The molecule has 3 heterocycles. The van der Waals surface area contributed by atoms with Crippen molar-refractivity contribution in [1.82, 2.24) is 15.2 Å². The van der Waals surface area contributed by atoms with Crippen LogP contribution in [-0.4, -0.2) is 40.9 Å². The number of sulfone groups is 1. The molecular formula is C25H25N3O4S2. The molecule has 9 heteroatoms. The standard InChI is InChI=1S/C25H25N3O4S2/c1-2-17-9-6-10-19-20(14-26-22(17)19)23(29)24(18-7-4-3-5-8-18)33-25-28-27-21(32-25)13-16-11-12-34(30,31)15-16/h3-10,14,16,24,26H,2,11-13,15H2,1H3/t16-,24+/m1/s1.